The zero-order valence-electron chi connectivity index (χ0n) is 17.2. The van der Waals surface area contributed by atoms with Gasteiger partial charge in [-0.1, -0.05) is 78.9 Å². The number of ether oxygens (including phenoxy) is 1. The fraction of sp³-hybridized carbons (Fsp3) is 0.120. The number of benzene rings is 3. The summed E-state index contributed by atoms with van der Waals surface area (Å²) in [5.74, 6) is -0.350. The fourth-order valence-electron chi connectivity index (χ4n) is 3.02. The molecule has 0 saturated heterocycles. The van der Waals surface area contributed by atoms with Crippen LogP contribution in [0.15, 0.2) is 91.0 Å². The maximum absolute atomic E-state index is 12.9. The Morgan fingerprint density at radius 1 is 0.938 bits per heavy atom. The monoisotopic (exact) mass is 430 g/mol. The molecule has 0 unspecified atom stereocenters. The van der Waals surface area contributed by atoms with E-state index in [-0.39, 0.29) is 24.5 Å². The third-order valence-electron chi connectivity index (χ3n) is 4.65. The van der Waals surface area contributed by atoms with Crippen molar-refractivity contribution in [2.75, 3.05) is 0 Å². The number of carbonyl (C=O) groups excluding carboxylic acids is 2. The Bertz CT molecular complexity index is 1100. The highest BCUT2D eigenvalue weighted by Gasteiger charge is 2.20. The minimum absolute atomic E-state index is 0.0666. The van der Waals surface area contributed by atoms with Crippen molar-refractivity contribution in [3.63, 3.8) is 0 Å². The van der Waals surface area contributed by atoms with E-state index in [0.717, 1.165) is 11.1 Å². The Labute approximate surface area is 185 Å². The number of nitrogens with zero attached hydrogens (tertiary/aromatic N) is 1. The molecule has 1 amide bonds. The number of nitro groups is 1. The van der Waals surface area contributed by atoms with Gasteiger partial charge in [-0.05, 0) is 22.8 Å². The molecule has 32 heavy (non-hydrogen) atoms. The van der Waals surface area contributed by atoms with Crippen LogP contribution in [0.4, 0.5) is 10.5 Å². The third-order valence-corrected chi connectivity index (χ3v) is 4.65. The topological polar surface area (TPSA) is 98.5 Å². The van der Waals surface area contributed by atoms with Crippen molar-refractivity contribution >= 4 is 23.6 Å². The lowest BCUT2D eigenvalue weighted by atomic mass is 10.0. The number of rotatable bonds is 9. The summed E-state index contributed by atoms with van der Waals surface area (Å²) in [6.07, 6.45) is 2.38. The van der Waals surface area contributed by atoms with Crippen molar-refractivity contribution in [1.82, 2.24) is 5.32 Å². The number of non-ortho nitro benzene ring substituents is 1. The van der Waals surface area contributed by atoms with Gasteiger partial charge in [0.2, 0.25) is 0 Å². The minimum Gasteiger partial charge on any atom is -0.445 e. The highest BCUT2D eigenvalue weighted by molar-refractivity contribution is 5.99. The van der Waals surface area contributed by atoms with Crippen LogP contribution in [-0.2, 0) is 22.6 Å². The van der Waals surface area contributed by atoms with E-state index in [1.54, 1.807) is 12.1 Å². The lowest BCUT2D eigenvalue weighted by Gasteiger charge is -2.16. The quantitative estimate of drug-likeness (QED) is 0.301. The third kappa shape index (κ3) is 6.91. The SMILES string of the molecule is O=C(N[C@@H](Cc1ccccc1)C(=O)/C=C\c1cccc([N+](=O)[O-])c1)OCc1ccccc1. The normalized spacial score (nSPS) is 11.6. The molecule has 3 aromatic carbocycles. The molecule has 0 aliphatic heterocycles. The number of alkyl carbamates (subject to hydrolysis) is 1. The maximum Gasteiger partial charge on any atom is 0.408 e. The Hall–Kier alpha value is -4.26. The Balaban J connectivity index is 1.69. The van der Waals surface area contributed by atoms with Crippen molar-refractivity contribution in [3.05, 3.63) is 118 Å². The molecular weight excluding hydrogens is 408 g/mol. The highest BCUT2D eigenvalue weighted by Crippen LogP contribution is 2.14. The van der Waals surface area contributed by atoms with E-state index >= 15 is 0 Å². The summed E-state index contributed by atoms with van der Waals surface area (Å²) in [6, 6.07) is 23.6. The summed E-state index contributed by atoms with van der Waals surface area (Å²) in [6.45, 7) is 0.0858. The van der Waals surface area contributed by atoms with Gasteiger partial charge in [0.05, 0.1) is 11.0 Å². The van der Waals surface area contributed by atoms with Gasteiger partial charge in [-0.25, -0.2) is 4.79 Å². The first kappa shape index (κ1) is 22.4. The second-order valence-corrected chi connectivity index (χ2v) is 7.04. The van der Waals surface area contributed by atoms with E-state index in [4.69, 9.17) is 4.74 Å². The van der Waals surface area contributed by atoms with E-state index in [1.165, 1.54) is 24.3 Å². The summed E-state index contributed by atoms with van der Waals surface area (Å²) in [5, 5.41) is 13.6. The van der Waals surface area contributed by atoms with Gasteiger partial charge in [-0.15, -0.1) is 0 Å². The second kappa shape index (κ2) is 11.2. The molecule has 0 aliphatic carbocycles. The fourth-order valence-corrected chi connectivity index (χ4v) is 3.02. The number of hydrogen-bond acceptors (Lipinski definition) is 5. The summed E-state index contributed by atoms with van der Waals surface area (Å²) in [4.78, 5) is 35.6. The van der Waals surface area contributed by atoms with Crippen LogP contribution in [0.1, 0.15) is 16.7 Å². The number of nitro benzene ring substituents is 1. The number of carbonyl (C=O) groups is 2. The highest BCUT2D eigenvalue weighted by atomic mass is 16.6. The van der Waals surface area contributed by atoms with Gasteiger partial charge >= 0.3 is 6.09 Å². The molecular formula is C25H22N2O5. The van der Waals surface area contributed by atoms with Crippen molar-refractivity contribution < 1.29 is 19.2 Å². The number of amides is 1. The van der Waals surface area contributed by atoms with Gasteiger partial charge in [0, 0.05) is 18.6 Å². The first-order valence-electron chi connectivity index (χ1n) is 9.99. The molecule has 0 fully saturated rings. The molecule has 3 rings (SSSR count). The Morgan fingerprint density at radius 3 is 2.25 bits per heavy atom. The van der Waals surface area contributed by atoms with E-state index in [9.17, 15) is 19.7 Å². The number of ketones is 1. The van der Waals surface area contributed by atoms with Gasteiger partial charge in [0.15, 0.2) is 5.78 Å². The lowest BCUT2D eigenvalue weighted by molar-refractivity contribution is -0.384. The van der Waals surface area contributed by atoms with E-state index < -0.39 is 17.1 Å². The van der Waals surface area contributed by atoms with Gasteiger partial charge in [0.1, 0.15) is 6.61 Å². The molecule has 0 radical (unpaired) electrons. The summed E-state index contributed by atoms with van der Waals surface area (Å²) >= 11 is 0. The molecule has 7 nitrogen and oxygen atoms in total. The first-order chi connectivity index (χ1) is 15.5. The molecule has 1 atom stereocenters. The number of hydrogen-bond donors (Lipinski definition) is 1. The van der Waals surface area contributed by atoms with Crippen LogP contribution in [-0.4, -0.2) is 22.8 Å². The van der Waals surface area contributed by atoms with Crippen molar-refractivity contribution in [3.8, 4) is 0 Å². The summed E-state index contributed by atoms with van der Waals surface area (Å²) in [7, 11) is 0. The van der Waals surface area contributed by atoms with E-state index in [1.807, 2.05) is 60.7 Å². The van der Waals surface area contributed by atoms with Crippen molar-refractivity contribution in [2.45, 2.75) is 19.1 Å². The zero-order chi connectivity index (χ0) is 22.8. The van der Waals surface area contributed by atoms with E-state index in [0.29, 0.717) is 5.56 Å². The molecule has 0 heterocycles. The van der Waals surface area contributed by atoms with Crippen molar-refractivity contribution in [2.24, 2.45) is 0 Å². The van der Waals surface area contributed by atoms with E-state index in [2.05, 4.69) is 5.32 Å². The maximum atomic E-state index is 12.9. The molecule has 162 valence electrons. The van der Waals surface area contributed by atoms with Gasteiger partial charge in [0.25, 0.3) is 5.69 Å². The molecule has 0 bridgehead atoms. The lowest BCUT2D eigenvalue weighted by Crippen LogP contribution is -2.42. The summed E-state index contributed by atoms with van der Waals surface area (Å²) in [5.41, 5.74) is 2.15. The molecule has 0 aliphatic rings. The standard InChI is InChI=1S/C25H22N2O5/c28-24(15-14-20-12-7-13-22(16-20)27(30)31)23(17-19-8-3-1-4-9-19)26-25(29)32-18-21-10-5-2-6-11-21/h1-16,23H,17-18H2,(H,26,29)/b15-14-/t23-/m0/s1. The van der Waals surface area contributed by atoms with Crippen LogP contribution in [0.2, 0.25) is 0 Å². The van der Waals surface area contributed by atoms with Crippen LogP contribution in [0.5, 0.6) is 0 Å². The minimum atomic E-state index is -0.851. The molecule has 3 aromatic rings. The van der Waals surface area contributed by atoms with Crippen molar-refractivity contribution in [1.29, 1.82) is 0 Å². The Morgan fingerprint density at radius 2 is 1.59 bits per heavy atom. The zero-order valence-corrected chi connectivity index (χ0v) is 17.2. The molecule has 7 heteroatoms. The van der Waals surface area contributed by atoms with Crippen LogP contribution < -0.4 is 5.32 Å². The van der Waals surface area contributed by atoms with Crippen LogP contribution in [0.25, 0.3) is 6.08 Å². The van der Waals surface area contributed by atoms with Crippen LogP contribution in [0.3, 0.4) is 0 Å². The number of nitrogens with one attached hydrogen (secondary N) is 1. The van der Waals surface area contributed by atoms with Crippen LogP contribution in [0, 0.1) is 10.1 Å². The van der Waals surface area contributed by atoms with Gasteiger partial charge in [-0.2, -0.15) is 0 Å². The van der Waals surface area contributed by atoms with Gasteiger partial charge < -0.3 is 10.1 Å². The molecule has 0 aromatic heterocycles. The average Bonchev–Trinajstić information content (AvgIpc) is 2.82. The smallest absolute Gasteiger partial charge is 0.408 e. The summed E-state index contributed by atoms with van der Waals surface area (Å²) < 4.78 is 5.25. The van der Waals surface area contributed by atoms with Gasteiger partial charge in [-0.3, -0.25) is 14.9 Å². The largest absolute Gasteiger partial charge is 0.445 e. The predicted octanol–water partition coefficient (Wildman–Crippen LogP) is 4.71. The molecule has 1 N–H and O–H groups in total. The van der Waals surface area contributed by atoms with Crippen LogP contribution >= 0.6 is 0 Å². The second-order valence-electron chi connectivity index (χ2n) is 7.04. The first-order valence-corrected chi connectivity index (χ1v) is 9.99. The molecule has 0 spiro atoms. The molecule has 0 saturated carbocycles. The Kier molecular flexibility index (Phi) is 7.86. The average molecular weight is 430 g/mol. The predicted molar refractivity (Wildman–Crippen MR) is 121 cm³/mol.